The summed E-state index contributed by atoms with van der Waals surface area (Å²) < 4.78 is 2.03. The molecule has 0 radical (unpaired) electrons. The molecule has 1 aromatic rings. The second kappa shape index (κ2) is 5.54. The second-order valence-electron chi connectivity index (χ2n) is 9.74. The number of Topliss-reactive ketones (excluding diaryl/α,β-unsaturated/α-hetero) is 1. The third-order valence-electron chi connectivity index (χ3n) is 8.69. The highest BCUT2D eigenvalue weighted by atomic mass is 16.3. The first-order valence-corrected chi connectivity index (χ1v) is 10.3. The fourth-order valence-electron chi connectivity index (χ4n) is 7.14. The smallest absolute Gasteiger partial charge is 0.161 e. The number of aliphatic hydroxyl groups excluding tert-OH is 1. The zero-order valence-corrected chi connectivity index (χ0v) is 15.9. The summed E-state index contributed by atoms with van der Waals surface area (Å²) in [5.74, 6) is 2.18. The maximum Gasteiger partial charge on any atom is 0.161 e. The van der Waals surface area contributed by atoms with E-state index in [-0.39, 0.29) is 23.0 Å². The summed E-state index contributed by atoms with van der Waals surface area (Å²) >= 11 is 0. The van der Waals surface area contributed by atoms with Crippen molar-refractivity contribution >= 4 is 5.78 Å². The zero-order chi connectivity index (χ0) is 18.1. The molecule has 7 atom stereocenters. The standard InChI is InChI=1S/C22H30N2O2/c1-21-7-5-15(25)11-14(21)3-4-16-17(21)6-8-22(2)18(16)12-19(20(22)26)24-10-9-23-13-24/h3,9-10,13,15-19,25H,4-8,11-12H2,1-2H3/t15?,16-,17-,18+,19?,21+,22+/m1/s1. The lowest BCUT2D eigenvalue weighted by atomic mass is 9.48. The highest BCUT2D eigenvalue weighted by Gasteiger charge is 2.61. The van der Waals surface area contributed by atoms with Crippen molar-refractivity contribution in [2.24, 2.45) is 28.6 Å². The van der Waals surface area contributed by atoms with Crippen molar-refractivity contribution in [3.63, 3.8) is 0 Å². The Balaban J connectivity index is 1.50. The summed E-state index contributed by atoms with van der Waals surface area (Å²) in [4.78, 5) is 17.5. The van der Waals surface area contributed by atoms with Crippen molar-refractivity contribution in [2.45, 2.75) is 70.9 Å². The fourth-order valence-corrected chi connectivity index (χ4v) is 7.14. The first-order chi connectivity index (χ1) is 12.4. The molecule has 3 saturated carbocycles. The van der Waals surface area contributed by atoms with Gasteiger partial charge in [-0.25, -0.2) is 4.98 Å². The van der Waals surface area contributed by atoms with E-state index in [9.17, 15) is 9.90 Å². The van der Waals surface area contributed by atoms with Gasteiger partial charge in [0.2, 0.25) is 0 Å². The summed E-state index contributed by atoms with van der Waals surface area (Å²) in [6.45, 7) is 4.67. The van der Waals surface area contributed by atoms with Gasteiger partial charge in [0.15, 0.2) is 5.78 Å². The van der Waals surface area contributed by atoms with Crippen LogP contribution in [0.4, 0.5) is 0 Å². The van der Waals surface area contributed by atoms with Crippen LogP contribution in [-0.2, 0) is 4.79 Å². The average Bonchev–Trinajstić information content (AvgIpc) is 3.23. The van der Waals surface area contributed by atoms with Gasteiger partial charge in [0, 0.05) is 17.8 Å². The molecule has 0 bridgehead atoms. The molecule has 1 aromatic heterocycles. The summed E-state index contributed by atoms with van der Waals surface area (Å²) in [6, 6.07) is -0.0300. The highest BCUT2D eigenvalue weighted by Crippen LogP contribution is 2.65. The van der Waals surface area contributed by atoms with Gasteiger partial charge in [0.25, 0.3) is 0 Å². The van der Waals surface area contributed by atoms with Crippen LogP contribution in [0, 0.1) is 28.6 Å². The van der Waals surface area contributed by atoms with E-state index < -0.39 is 0 Å². The van der Waals surface area contributed by atoms with Crippen molar-refractivity contribution in [3.05, 3.63) is 30.4 Å². The molecule has 1 N–H and O–H groups in total. The maximum atomic E-state index is 13.3. The molecule has 4 aliphatic rings. The Bertz CT molecular complexity index is 754. The minimum Gasteiger partial charge on any atom is -0.393 e. The van der Waals surface area contributed by atoms with Crippen molar-refractivity contribution in [1.29, 1.82) is 0 Å². The largest absolute Gasteiger partial charge is 0.393 e. The van der Waals surface area contributed by atoms with Gasteiger partial charge in [-0.2, -0.15) is 0 Å². The Labute approximate surface area is 155 Å². The molecule has 4 aliphatic carbocycles. The lowest BCUT2D eigenvalue weighted by Gasteiger charge is -2.56. The van der Waals surface area contributed by atoms with Gasteiger partial charge in [-0.05, 0) is 68.1 Å². The Hall–Kier alpha value is -1.42. The minimum absolute atomic E-state index is 0.0300. The number of allylic oxidation sites excluding steroid dienone is 1. The Morgan fingerprint density at radius 3 is 2.77 bits per heavy atom. The normalized spacial score (nSPS) is 47.7. The van der Waals surface area contributed by atoms with E-state index in [1.165, 1.54) is 5.57 Å². The predicted molar refractivity (Wildman–Crippen MR) is 99.4 cm³/mol. The zero-order valence-electron chi connectivity index (χ0n) is 15.9. The van der Waals surface area contributed by atoms with Gasteiger partial charge < -0.3 is 9.67 Å². The number of carbonyl (C=O) groups is 1. The molecule has 0 spiro atoms. The lowest BCUT2D eigenvalue weighted by Crippen LogP contribution is -2.50. The number of aromatic nitrogens is 2. The maximum absolute atomic E-state index is 13.3. The molecule has 4 heteroatoms. The first-order valence-electron chi connectivity index (χ1n) is 10.3. The topological polar surface area (TPSA) is 55.1 Å². The molecule has 1 heterocycles. The van der Waals surface area contributed by atoms with E-state index in [2.05, 4.69) is 24.9 Å². The van der Waals surface area contributed by atoms with Crippen molar-refractivity contribution < 1.29 is 9.90 Å². The van der Waals surface area contributed by atoms with Crippen LogP contribution in [0.15, 0.2) is 30.4 Å². The number of carbonyl (C=O) groups excluding carboxylic acids is 1. The van der Waals surface area contributed by atoms with Crippen LogP contribution >= 0.6 is 0 Å². The summed E-state index contributed by atoms with van der Waals surface area (Å²) in [5.41, 5.74) is 1.56. The van der Waals surface area contributed by atoms with Crippen LogP contribution in [0.5, 0.6) is 0 Å². The number of hydrogen-bond donors (Lipinski definition) is 1. The molecule has 2 unspecified atom stereocenters. The Morgan fingerprint density at radius 2 is 2.00 bits per heavy atom. The number of ketones is 1. The van der Waals surface area contributed by atoms with E-state index in [0.717, 1.165) is 44.9 Å². The Kier molecular flexibility index (Phi) is 3.57. The summed E-state index contributed by atoms with van der Waals surface area (Å²) in [7, 11) is 0. The molecular weight excluding hydrogens is 324 g/mol. The van der Waals surface area contributed by atoms with Gasteiger partial charge in [0.05, 0.1) is 18.5 Å². The summed E-state index contributed by atoms with van der Waals surface area (Å²) in [6.07, 6.45) is 14.9. The molecule has 0 saturated heterocycles. The number of fused-ring (bicyclic) bond motifs is 5. The number of imidazole rings is 1. The third kappa shape index (κ3) is 2.11. The monoisotopic (exact) mass is 354 g/mol. The van der Waals surface area contributed by atoms with E-state index in [4.69, 9.17) is 0 Å². The fraction of sp³-hybridized carbons (Fsp3) is 0.727. The van der Waals surface area contributed by atoms with Crippen LogP contribution in [0.3, 0.4) is 0 Å². The lowest BCUT2D eigenvalue weighted by molar-refractivity contribution is -0.133. The van der Waals surface area contributed by atoms with Crippen LogP contribution < -0.4 is 0 Å². The SMILES string of the molecule is C[C@]12CCC(O)CC1=CC[C@@H]1[C@H]2CC[C@]2(C)C(=O)C(n3ccnc3)C[C@@H]12. The van der Waals surface area contributed by atoms with Crippen molar-refractivity contribution in [2.75, 3.05) is 0 Å². The van der Waals surface area contributed by atoms with Crippen LogP contribution in [0.2, 0.25) is 0 Å². The molecule has 5 rings (SSSR count). The van der Waals surface area contributed by atoms with Gasteiger partial charge in [-0.1, -0.05) is 25.5 Å². The quantitative estimate of drug-likeness (QED) is 0.778. The van der Waals surface area contributed by atoms with Gasteiger partial charge in [-0.3, -0.25) is 4.79 Å². The Morgan fingerprint density at radius 1 is 1.19 bits per heavy atom. The van der Waals surface area contributed by atoms with Crippen LogP contribution in [-0.4, -0.2) is 26.5 Å². The molecule has 4 nitrogen and oxygen atoms in total. The van der Waals surface area contributed by atoms with Crippen LogP contribution in [0.25, 0.3) is 0 Å². The van der Waals surface area contributed by atoms with Gasteiger partial charge in [-0.15, -0.1) is 0 Å². The molecule has 0 amide bonds. The van der Waals surface area contributed by atoms with Crippen LogP contribution in [0.1, 0.15) is 64.8 Å². The first kappa shape index (κ1) is 16.7. The van der Waals surface area contributed by atoms with E-state index in [0.29, 0.717) is 23.5 Å². The molecule has 3 fully saturated rings. The molecular formula is C22H30N2O2. The second-order valence-corrected chi connectivity index (χ2v) is 9.74. The number of nitrogens with zero attached hydrogens (tertiary/aromatic N) is 2. The van der Waals surface area contributed by atoms with E-state index >= 15 is 0 Å². The highest BCUT2D eigenvalue weighted by molar-refractivity contribution is 5.91. The molecule has 0 aliphatic heterocycles. The van der Waals surface area contributed by atoms with Crippen molar-refractivity contribution in [3.8, 4) is 0 Å². The average molecular weight is 354 g/mol. The number of aliphatic hydroxyl groups is 1. The third-order valence-corrected chi connectivity index (χ3v) is 8.69. The van der Waals surface area contributed by atoms with E-state index in [1.54, 1.807) is 6.20 Å². The molecule has 26 heavy (non-hydrogen) atoms. The van der Waals surface area contributed by atoms with E-state index in [1.807, 2.05) is 17.1 Å². The van der Waals surface area contributed by atoms with Gasteiger partial charge >= 0.3 is 0 Å². The molecule has 140 valence electrons. The minimum atomic E-state index is -0.175. The molecule has 0 aromatic carbocycles. The predicted octanol–water partition coefficient (Wildman–Crippen LogP) is 3.93. The van der Waals surface area contributed by atoms with Crippen molar-refractivity contribution in [1.82, 2.24) is 9.55 Å². The number of rotatable bonds is 1. The van der Waals surface area contributed by atoms with Gasteiger partial charge in [0.1, 0.15) is 0 Å². The number of hydrogen-bond acceptors (Lipinski definition) is 3. The summed E-state index contributed by atoms with van der Waals surface area (Å²) in [5, 5.41) is 10.1.